The molecular weight excluding hydrogens is 559 g/mol. The average Bonchev–Trinajstić information content (AvgIpc) is 3.39. The smallest absolute Gasteiger partial charge is 0.361 e. The van der Waals surface area contributed by atoms with E-state index in [0.29, 0.717) is 30.0 Å². The van der Waals surface area contributed by atoms with E-state index in [2.05, 4.69) is 49.4 Å². The van der Waals surface area contributed by atoms with Crippen LogP contribution in [-0.4, -0.2) is 82.2 Å². The lowest BCUT2D eigenvalue weighted by Gasteiger charge is -2.34. The number of hydrogen-bond donors (Lipinski definition) is 2. The van der Waals surface area contributed by atoms with Gasteiger partial charge in [-0.15, -0.1) is 5.10 Å². The number of nitrogens with zero attached hydrogens (tertiary/aromatic N) is 7. The fourth-order valence-corrected chi connectivity index (χ4v) is 4.70. The summed E-state index contributed by atoms with van der Waals surface area (Å²) in [6.45, 7) is 6.28. The summed E-state index contributed by atoms with van der Waals surface area (Å²) < 4.78 is 43.4. The molecule has 0 radical (unpaired) electrons. The number of benzene rings is 1. The van der Waals surface area contributed by atoms with Gasteiger partial charge in [0.25, 0.3) is 0 Å². The lowest BCUT2D eigenvalue weighted by atomic mass is 10.0. The first-order chi connectivity index (χ1) is 20.6. The van der Waals surface area contributed by atoms with E-state index in [0.717, 1.165) is 31.5 Å². The van der Waals surface area contributed by atoms with Crippen LogP contribution in [-0.2, 0) is 12.7 Å². The molecule has 0 unspecified atom stereocenters. The topological polar surface area (TPSA) is 93.9 Å². The monoisotopic (exact) mass is 591 g/mol. The Kier molecular flexibility index (Phi) is 8.79. The molecule has 2 amide bonds. The van der Waals surface area contributed by atoms with Crippen molar-refractivity contribution in [2.24, 2.45) is 0 Å². The van der Waals surface area contributed by atoms with Crippen LogP contribution < -0.4 is 15.5 Å². The molecule has 1 aliphatic heterocycles. The molecule has 1 fully saturated rings. The molecule has 4 aromatic rings. The molecule has 43 heavy (non-hydrogen) atoms. The number of rotatable bonds is 6. The van der Waals surface area contributed by atoms with Crippen molar-refractivity contribution in [2.75, 3.05) is 62.4 Å². The fourth-order valence-electron chi connectivity index (χ4n) is 4.70. The van der Waals surface area contributed by atoms with Crippen molar-refractivity contribution >= 4 is 29.0 Å². The molecule has 4 heterocycles. The molecule has 5 rings (SSSR count). The number of hydrogen-bond acceptors (Lipinski definition) is 7. The minimum absolute atomic E-state index is 0.0333. The third-order valence-electron chi connectivity index (χ3n) is 7.13. The number of likely N-dealkylation sites (N-methyl/N-ethyl adjacent to an activating group) is 1. The Balaban J connectivity index is 1.22. The average molecular weight is 592 g/mol. The van der Waals surface area contributed by atoms with Crippen LogP contribution in [0.5, 0.6) is 0 Å². The van der Waals surface area contributed by atoms with Crippen LogP contribution in [0.4, 0.5) is 35.3 Å². The fraction of sp³-hybridized carbons (Fsp3) is 0.333. The van der Waals surface area contributed by atoms with Crippen molar-refractivity contribution in [1.82, 2.24) is 29.4 Å². The second-order valence-electron chi connectivity index (χ2n) is 10.3. The van der Waals surface area contributed by atoms with Gasteiger partial charge < -0.3 is 15.1 Å². The zero-order valence-corrected chi connectivity index (χ0v) is 24.1. The van der Waals surface area contributed by atoms with Gasteiger partial charge in [0.05, 0.1) is 11.8 Å². The molecule has 1 saturated heterocycles. The maximum atomic E-state index is 13.9. The van der Waals surface area contributed by atoms with E-state index >= 15 is 0 Å². The molecule has 0 atom stereocenters. The van der Waals surface area contributed by atoms with E-state index in [1.54, 1.807) is 22.8 Å². The summed E-state index contributed by atoms with van der Waals surface area (Å²) >= 11 is 0. The number of urea groups is 1. The summed E-state index contributed by atoms with van der Waals surface area (Å²) in [6.07, 6.45) is -1.44. The molecule has 0 saturated carbocycles. The van der Waals surface area contributed by atoms with E-state index in [1.807, 2.05) is 36.0 Å². The molecule has 0 bridgehead atoms. The minimum atomic E-state index is -4.55. The summed E-state index contributed by atoms with van der Waals surface area (Å²) in [7, 11) is 3.79. The maximum absolute atomic E-state index is 13.9. The normalized spacial score (nSPS) is 14.3. The van der Waals surface area contributed by atoms with Crippen molar-refractivity contribution in [3.63, 3.8) is 0 Å². The quantitative estimate of drug-likeness (QED) is 0.322. The highest BCUT2D eigenvalue weighted by molar-refractivity contribution is 5.99. The number of nitrogens with one attached hydrogen (secondary N) is 2. The van der Waals surface area contributed by atoms with Gasteiger partial charge in [-0.2, -0.15) is 13.2 Å². The van der Waals surface area contributed by atoms with Crippen LogP contribution in [0.2, 0.25) is 0 Å². The van der Waals surface area contributed by atoms with Gasteiger partial charge in [0.1, 0.15) is 17.3 Å². The number of aromatic nitrogens is 4. The van der Waals surface area contributed by atoms with E-state index in [4.69, 9.17) is 0 Å². The van der Waals surface area contributed by atoms with Crippen molar-refractivity contribution in [1.29, 1.82) is 0 Å². The number of piperazine rings is 1. The number of alkyl halides is 3. The summed E-state index contributed by atoms with van der Waals surface area (Å²) in [5.41, 5.74) is 1.31. The van der Waals surface area contributed by atoms with Gasteiger partial charge in [-0.05, 0) is 54.4 Å². The highest BCUT2D eigenvalue weighted by atomic mass is 19.4. The Hall–Kier alpha value is -4.67. The second kappa shape index (κ2) is 12.7. The number of pyridine rings is 1. The van der Waals surface area contributed by atoms with Crippen LogP contribution >= 0.6 is 0 Å². The van der Waals surface area contributed by atoms with Crippen molar-refractivity contribution in [2.45, 2.75) is 19.6 Å². The lowest BCUT2D eigenvalue weighted by molar-refractivity contribution is -0.138. The Bertz CT molecular complexity index is 1650. The SMILES string of the molecule is CCN1CCN(Cc2ccc(NC(=O)Nc3ccc(C#Cc4cnc5ccc(N(C)C)nn45)cn3)cc2C(F)(F)F)CC1. The molecule has 1 aromatic carbocycles. The number of carbonyl (C=O) groups is 1. The Morgan fingerprint density at radius 1 is 0.953 bits per heavy atom. The minimum Gasteiger partial charge on any atom is -0.361 e. The van der Waals surface area contributed by atoms with Gasteiger partial charge in [-0.3, -0.25) is 10.2 Å². The molecular formula is C30H32F3N9O. The van der Waals surface area contributed by atoms with Crippen LogP contribution in [0.25, 0.3) is 5.65 Å². The van der Waals surface area contributed by atoms with E-state index in [9.17, 15) is 18.0 Å². The number of fused-ring (bicyclic) bond motifs is 1. The summed E-state index contributed by atoms with van der Waals surface area (Å²) in [6, 6.07) is 10.1. The summed E-state index contributed by atoms with van der Waals surface area (Å²) in [4.78, 5) is 27.2. The van der Waals surface area contributed by atoms with Gasteiger partial charge in [-0.1, -0.05) is 18.9 Å². The number of carbonyl (C=O) groups excluding carboxylic acids is 1. The van der Waals surface area contributed by atoms with Gasteiger partial charge in [-0.25, -0.2) is 19.3 Å². The van der Waals surface area contributed by atoms with Crippen LogP contribution in [0, 0.1) is 11.8 Å². The molecule has 1 aliphatic rings. The summed E-state index contributed by atoms with van der Waals surface area (Å²) in [5.74, 6) is 7.00. The number of imidazole rings is 1. The largest absolute Gasteiger partial charge is 0.416 e. The van der Waals surface area contributed by atoms with Gasteiger partial charge in [0, 0.05) is 64.3 Å². The first-order valence-electron chi connectivity index (χ1n) is 13.8. The number of amides is 2. The molecule has 0 aliphatic carbocycles. The molecule has 0 spiro atoms. The van der Waals surface area contributed by atoms with Crippen molar-refractivity contribution in [3.05, 3.63) is 77.2 Å². The predicted octanol–water partition coefficient (Wildman–Crippen LogP) is 4.39. The first kappa shape index (κ1) is 29.8. The summed E-state index contributed by atoms with van der Waals surface area (Å²) in [5, 5.41) is 9.55. The number of anilines is 3. The van der Waals surface area contributed by atoms with Gasteiger partial charge in [0.15, 0.2) is 5.65 Å². The Morgan fingerprint density at radius 2 is 1.72 bits per heavy atom. The van der Waals surface area contributed by atoms with E-state index < -0.39 is 17.8 Å². The van der Waals surface area contributed by atoms with Crippen molar-refractivity contribution < 1.29 is 18.0 Å². The predicted molar refractivity (Wildman–Crippen MR) is 159 cm³/mol. The zero-order chi connectivity index (χ0) is 30.6. The third-order valence-corrected chi connectivity index (χ3v) is 7.13. The van der Waals surface area contributed by atoms with Crippen LogP contribution in [0.15, 0.2) is 54.9 Å². The van der Waals surface area contributed by atoms with Crippen LogP contribution in [0.3, 0.4) is 0 Å². The van der Waals surface area contributed by atoms with Gasteiger partial charge >= 0.3 is 12.2 Å². The zero-order valence-electron chi connectivity index (χ0n) is 24.1. The highest BCUT2D eigenvalue weighted by Gasteiger charge is 2.34. The molecule has 13 heteroatoms. The second-order valence-corrected chi connectivity index (χ2v) is 10.3. The first-order valence-corrected chi connectivity index (χ1v) is 13.8. The number of halogens is 3. The third kappa shape index (κ3) is 7.40. The highest BCUT2D eigenvalue weighted by Crippen LogP contribution is 2.34. The van der Waals surface area contributed by atoms with Crippen molar-refractivity contribution in [3.8, 4) is 11.8 Å². The maximum Gasteiger partial charge on any atom is 0.416 e. The molecule has 2 N–H and O–H groups in total. The molecule has 224 valence electrons. The van der Waals surface area contributed by atoms with Crippen LogP contribution in [0.1, 0.15) is 29.3 Å². The van der Waals surface area contributed by atoms with E-state index in [-0.39, 0.29) is 23.6 Å². The van der Waals surface area contributed by atoms with Gasteiger partial charge in [0.2, 0.25) is 0 Å². The lowest BCUT2D eigenvalue weighted by Crippen LogP contribution is -2.45. The standard InChI is InChI=1S/C30H32F3N9O/c1-4-40-13-15-41(16-14-40)20-22-7-8-23(17-25(22)30(31,32)33)36-29(43)37-26-10-6-21(18-34-26)5-9-24-19-35-27-11-12-28(39(2)3)38-42(24)27/h6-8,10-12,17-19H,4,13-16,20H2,1-3H3,(H2,34,36,37,43). The molecule has 3 aromatic heterocycles. The Morgan fingerprint density at radius 3 is 2.40 bits per heavy atom. The molecule has 10 nitrogen and oxygen atoms in total. The Labute approximate surface area is 247 Å². The van der Waals surface area contributed by atoms with E-state index in [1.165, 1.54) is 18.3 Å².